The fourth-order valence-electron chi connectivity index (χ4n) is 1.89. The highest BCUT2D eigenvalue weighted by Crippen LogP contribution is 2.23. The van der Waals surface area contributed by atoms with Crippen LogP contribution in [0.3, 0.4) is 0 Å². The molecule has 0 amide bonds. The number of carbonyl (C=O) groups is 1. The Labute approximate surface area is 127 Å². The zero-order chi connectivity index (χ0) is 14.4. The Morgan fingerprint density at radius 3 is 2.60 bits per heavy atom. The van der Waals surface area contributed by atoms with Crippen molar-refractivity contribution < 1.29 is 9.53 Å². The van der Waals surface area contributed by atoms with E-state index in [1.807, 2.05) is 54.6 Å². The summed E-state index contributed by atoms with van der Waals surface area (Å²) in [6.07, 6.45) is 0. The van der Waals surface area contributed by atoms with Crippen molar-refractivity contribution in [1.29, 1.82) is 0 Å². The Hall–Kier alpha value is -1.81. The molecule has 1 atom stereocenters. The van der Waals surface area contributed by atoms with Crippen molar-refractivity contribution >= 4 is 27.6 Å². The monoisotopic (exact) mass is 333 g/mol. The molecule has 1 unspecified atom stereocenters. The van der Waals surface area contributed by atoms with E-state index < -0.39 is 6.04 Å². The van der Waals surface area contributed by atoms with Crippen LogP contribution >= 0.6 is 15.9 Å². The van der Waals surface area contributed by atoms with Crippen LogP contribution in [0.15, 0.2) is 59.1 Å². The topological polar surface area (TPSA) is 38.3 Å². The van der Waals surface area contributed by atoms with Crippen molar-refractivity contribution in [2.75, 3.05) is 11.9 Å². The number of anilines is 1. The van der Waals surface area contributed by atoms with Gasteiger partial charge in [0.2, 0.25) is 0 Å². The van der Waals surface area contributed by atoms with E-state index in [0.29, 0.717) is 6.61 Å². The molecule has 0 aliphatic heterocycles. The number of halogens is 1. The van der Waals surface area contributed by atoms with Crippen LogP contribution in [0.1, 0.15) is 18.5 Å². The summed E-state index contributed by atoms with van der Waals surface area (Å²) >= 11 is 3.42. The van der Waals surface area contributed by atoms with Gasteiger partial charge in [-0.15, -0.1) is 0 Å². The summed E-state index contributed by atoms with van der Waals surface area (Å²) in [7, 11) is 0. The minimum atomic E-state index is -0.509. The summed E-state index contributed by atoms with van der Waals surface area (Å²) in [6.45, 7) is 2.17. The summed E-state index contributed by atoms with van der Waals surface area (Å²) in [4.78, 5) is 12.1. The summed E-state index contributed by atoms with van der Waals surface area (Å²) in [5, 5.41) is 3.22. The number of rotatable bonds is 5. The SMILES string of the molecule is CCOC(=O)C(Nc1cccc(Br)c1)c1ccccc1. The third-order valence-corrected chi connectivity index (χ3v) is 3.28. The lowest BCUT2D eigenvalue weighted by Gasteiger charge is -2.19. The van der Waals surface area contributed by atoms with Gasteiger partial charge in [0, 0.05) is 10.2 Å². The smallest absolute Gasteiger partial charge is 0.333 e. The largest absolute Gasteiger partial charge is 0.464 e. The maximum absolute atomic E-state index is 12.1. The average Bonchev–Trinajstić information content (AvgIpc) is 2.46. The summed E-state index contributed by atoms with van der Waals surface area (Å²) in [5.74, 6) is -0.279. The fraction of sp³-hybridized carbons (Fsp3) is 0.188. The van der Waals surface area contributed by atoms with Crippen LogP contribution in [0, 0.1) is 0 Å². The molecule has 0 bridgehead atoms. The van der Waals surface area contributed by atoms with Crippen LogP contribution in [-0.2, 0) is 9.53 Å². The van der Waals surface area contributed by atoms with Gasteiger partial charge in [-0.05, 0) is 30.7 Å². The minimum absolute atomic E-state index is 0.279. The van der Waals surface area contributed by atoms with Gasteiger partial charge >= 0.3 is 5.97 Å². The first-order chi connectivity index (χ1) is 9.70. The van der Waals surface area contributed by atoms with E-state index in [1.165, 1.54) is 0 Å². The van der Waals surface area contributed by atoms with Crippen molar-refractivity contribution in [2.45, 2.75) is 13.0 Å². The summed E-state index contributed by atoms with van der Waals surface area (Å²) in [5.41, 5.74) is 1.74. The molecule has 2 aromatic rings. The highest BCUT2D eigenvalue weighted by Gasteiger charge is 2.21. The molecular weight excluding hydrogens is 318 g/mol. The second-order valence-electron chi connectivity index (χ2n) is 4.25. The first-order valence-corrected chi connectivity index (χ1v) is 7.23. The highest BCUT2D eigenvalue weighted by molar-refractivity contribution is 9.10. The van der Waals surface area contributed by atoms with Gasteiger partial charge in [-0.3, -0.25) is 0 Å². The van der Waals surface area contributed by atoms with Crippen molar-refractivity contribution in [3.05, 3.63) is 64.6 Å². The quantitative estimate of drug-likeness (QED) is 0.834. The maximum Gasteiger partial charge on any atom is 0.333 e. The number of benzene rings is 2. The molecule has 4 heteroatoms. The molecule has 1 N–H and O–H groups in total. The highest BCUT2D eigenvalue weighted by atomic mass is 79.9. The van der Waals surface area contributed by atoms with E-state index >= 15 is 0 Å². The van der Waals surface area contributed by atoms with Gasteiger partial charge in [0.15, 0.2) is 6.04 Å². The molecule has 20 heavy (non-hydrogen) atoms. The van der Waals surface area contributed by atoms with Gasteiger partial charge in [-0.1, -0.05) is 52.3 Å². The van der Waals surface area contributed by atoms with Gasteiger partial charge in [0.25, 0.3) is 0 Å². The Morgan fingerprint density at radius 2 is 1.95 bits per heavy atom. The summed E-state index contributed by atoms with van der Waals surface area (Å²) in [6, 6.07) is 16.7. The lowest BCUT2D eigenvalue weighted by atomic mass is 10.1. The van der Waals surface area contributed by atoms with Gasteiger partial charge in [0.05, 0.1) is 6.61 Å². The van der Waals surface area contributed by atoms with Gasteiger partial charge in [0.1, 0.15) is 0 Å². The molecule has 3 nitrogen and oxygen atoms in total. The number of hydrogen-bond acceptors (Lipinski definition) is 3. The number of nitrogens with one attached hydrogen (secondary N) is 1. The van der Waals surface area contributed by atoms with E-state index in [9.17, 15) is 4.79 Å². The third kappa shape index (κ3) is 3.84. The predicted molar refractivity (Wildman–Crippen MR) is 83.6 cm³/mol. The molecule has 0 saturated carbocycles. The van der Waals surface area contributed by atoms with E-state index in [1.54, 1.807) is 6.92 Å². The Bertz CT molecular complexity index is 572. The van der Waals surface area contributed by atoms with Crippen LogP contribution in [0.2, 0.25) is 0 Å². The maximum atomic E-state index is 12.1. The lowest BCUT2D eigenvalue weighted by molar-refractivity contribution is -0.144. The molecule has 0 saturated heterocycles. The van der Waals surface area contributed by atoms with Crippen LogP contribution in [-0.4, -0.2) is 12.6 Å². The normalized spacial score (nSPS) is 11.7. The predicted octanol–water partition coefficient (Wildman–Crippen LogP) is 4.17. The second-order valence-corrected chi connectivity index (χ2v) is 5.17. The number of carbonyl (C=O) groups excluding carboxylic acids is 1. The zero-order valence-corrected chi connectivity index (χ0v) is 12.8. The number of hydrogen-bond donors (Lipinski definition) is 1. The third-order valence-electron chi connectivity index (χ3n) is 2.79. The molecule has 0 heterocycles. The van der Waals surface area contributed by atoms with Crippen LogP contribution in [0.5, 0.6) is 0 Å². The van der Waals surface area contributed by atoms with E-state index in [2.05, 4.69) is 21.2 Å². The Morgan fingerprint density at radius 1 is 1.20 bits per heavy atom. The summed E-state index contributed by atoms with van der Waals surface area (Å²) < 4.78 is 6.10. The van der Waals surface area contributed by atoms with E-state index in [4.69, 9.17) is 4.74 Å². The molecule has 0 spiro atoms. The van der Waals surface area contributed by atoms with Crippen LogP contribution < -0.4 is 5.32 Å². The Kier molecular flexibility index (Phi) is 5.18. The van der Waals surface area contributed by atoms with Crippen molar-refractivity contribution in [1.82, 2.24) is 0 Å². The van der Waals surface area contributed by atoms with Crippen molar-refractivity contribution in [2.24, 2.45) is 0 Å². The van der Waals surface area contributed by atoms with Gasteiger partial charge in [-0.2, -0.15) is 0 Å². The molecule has 0 aromatic heterocycles. The van der Waals surface area contributed by atoms with E-state index in [-0.39, 0.29) is 5.97 Å². The first-order valence-electron chi connectivity index (χ1n) is 6.44. The standard InChI is InChI=1S/C16H16BrNO2/c1-2-20-16(19)15(12-7-4-3-5-8-12)18-14-10-6-9-13(17)11-14/h3-11,15,18H,2H2,1H3. The Balaban J connectivity index is 2.25. The average molecular weight is 334 g/mol. The van der Waals surface area contributed by atoms with Gasteiger partial charge in [-0.25, -0.2) is 4.79 Å². The molecule has 0 fully saturated rings. The fourth-order valence-corrected chi connectivity index (χ4v) is 2.29. The molecule has 2 aromatic carbocycles. The van der Waals surface area contributed by atoms with Crippen molar-refractivity contribution in [3.8, 4) is 0 Å². The zero-order valence-electron chi connectivity index (χ0n) is 11.2. The van der Waals surface area contributed by atoms with Crippen molar-refractivity contribution in [3.63, 3.8) is 0 Å². The second kappa shape index (κ2) is 7.10. The molecule has 0 aliphatic rings. The minimum Gasteiger partial charge on any atom is -0.464 e. The molecule has 2 rings (SSSR count). The number of esters is 1. The van der Waals surface area contributed by atoms with Crippen LogP contribution in [0.25, 0.3) is 0 Å². The first kappa shape index (κ1) is 14.6. The molecule has 104 valence electrons. The van der Waals surface area contributed by atoms with Crippen LogP contribution in [0.4, 0.5) is 5.69 Å². The molecule has 0 aliphatic carbocycles. The van der Waals surface area contributed by atoms with E-state index in [0.717, 1.165) is 15.7 Å². The number of ether oxygens (including phenoxy) is 1. The molecule has 0 radical (unpaired) electrons. The lowest BCUT2D eigenvalue weighted by Crippen LogP contribution is -2.23. The molecular formula is C16H16BrNO2. The van der Waals surface area contributed by atoms with Gasteiger partial charge < -0.3 is 10.1 Å².